The summed E-state index contributed by atoms with van der Waals surface area (Å²) in [6, 6.07) is 9.74. The van der Waals surface area contributed by atoms with Crippen molar-refractivity contribution in [3.63, 3.8) is 0 Å². The molecule has 0 saturated carbocycles. The molecule has 0 spiro atoms. The first-order valence-electron chi connectivity index (χ1n) is 11.5. The number of hydrogen-bond donors (Lipinski definition) is 2. The Bertz CT molecular complexity index is 1560. The predicted molar refractivity (Wildman–Crippen MR) is 138 cm³/mol. The molecule has 202 valence electrons. The molecule has 38 heavy (non-hydrogen) atoms. The first kappa shape index (κ1) is 26.7. The van der Waals surface area contributed by atoms with E-state index in [0.29, 0.717) is 18.1 Å². The summed E-state index contributed by atoms with van der Waals surface area (Å²) < 4.78 is 47.6. The van der Waals surface area contributed by atoms with E-state index in [1.807, 2.05) is 0 Å². The second kappa shape index (κ2) is 10.6. The average Bonchev–Trinajstić information content (AvgIpc) is 3.47. The highest BCUT2D eigenvalue weighted by Crippen LogP contribution is 2.27. The average molecular weight is 544 g/mol. The van der Waals surface area contributed by atoms with Crippen LogP contribution in [-0.4, -0.2) is 58.7 Å². The van der Waals surface area contributed by atoms with Crippen LogP contribution in [0.1, 0.15) is 31.9 Å². The largest absolute Gasteiger partial charge is 0.495 e. The zero-order chi connectivity index (χ0) is 27.5. The number of carbonyl (C=O) groups is 1. The van der Waals surface area contributed by atoms with Gasteiger partial charge in [-0.3, -0.25) is 4.68 Å². The number of carbonyl (C=O) groups excluding carboxylic acids is 1. The first-order chi connectivity index (χ1) is 18.0. The van der Waals surface area contributed by atoms with Crippen LogP contribution >= 0.6 is 0 Å². The molecule has 4 aromatic rings. The molecule has 2 N–H and O–H groups in total. The number of methoxy groups -OCH3 is 2. The number of anilines is 1. The van der Waals surface area contributed by atoms with Crippen LogP contribution in [0, 0.1) is 0 Å². The summed E-state index contributed by atoms with van der Waals surface area (Å²) in [6.45, 7) is 6.02. The lowest BCUT2D eigenvalue weighted by molar-refractivity contribution is 0.0523. The molecule has 0 aliphatic rings. The van der Waals surface area contributed by atoms with Crippen LogP contribution in [0.15, 0.2) is 53.7 Å². The van der Waals surface area contributed by atoms with Gasteiger partial charge >= 0.3 is 6.09 Å². The minimum Gasteiger partial charge on any atom is -0.495 e. The van der Waals surface area contributed by atoms with Crippen LogP contribution in [0.4, 0.5) is 10.7 Å². The van der Waals surface area contributed by atoms with E-state index >= 15 is 0 Å². The Morgan fingerprint density at radius 2 is 1.82 bits per heavy atom. The number of benzene rings is 1. The molecule has 0 unspecified atom stereocenters. The Hall–Kier alpha value is -4.33. The lowest BCUT2D eigenvalue weighted by Crippen LogP contribution is -2.32. The maximum absolute atomic E-state index is 13.0. The number of pyridine rings is 1. The molecule has 14 heteroatoms. The monoisotopic (exact) mass is 543 g/mol. The van der Waals surface area contributed by atoms with Gasteiger partial charge in [0.1, 0.15) is 16.2 Å². The maximum atomic E-state index is 13.0. The Kier molecular flexibility index (Phi) is 7.44. The van der Waals surface area contributed by atoms with Crippen LogP contribution in [0.2, 0.25) is 0 Å². The molecule has 0 bridgehead atoms. The molecule has 0 saturated heterocycles. The van der Waals surface area contributed by atoms with Crippen molar-refractivity contribution in [1.29, 1.82) is 0 Å². The van der Waals surface area contributed by atoms with Crippen molar-refractivity contribution in [2.45, 2.75) is 44.4 Å². The van der Waals surface area contributed by atoms with Crippen molar-refractivity contribution in [3.05, 3.63) is 59.9 Å². The van der Waals surface area contributed by atoms with E-state index in [0.717, 1.165) is 11.1 Å². The second-order valence-electron chi connectivity index (χ2n) is 9.28. The number of sulfonamides is 1. The molecular weight excluding hydrogens is 514 g/mol. The van der Waals surface area contributed by atoms with Crippen molar-refractivity contribution >= 4 is 27.7 Å². The summed E-state index contributed by atoms with van der Waals surface area (Å²) >= 11 is 0. The number of fused-ring (bicyclic) bond motifs is 1. The Balaban J connectivity index is 1.52. The van der Waals surface area contributed by atoms with Crippen molar-refractivity contribution in [1.82, 2.24) is 29.7 Å². The van der Waals surface area contributed by atoms with Gasteiger partial charge in [0.05, 0.1) is 27.0 Å². The Morgan fingerprint density at radius 1 is 1.05 bits per heavy atom. The number of nitrogens with one attached hydrogen (secondary N) is 2. The molecule has 1 amide bonds. The minimum atomic E-state index is -4.03. The number of alkyl carbamates (subject to hydrolysis) is 1. The molecule has 0 aliphatic carbocycles. The van der Waals surface area contributed by atoms with Crippen LogP contribution in [-0.2, 0) is 27.8 Å². The fraction of sp³-hybridized carbons (Fsp3) is 0.333. The van der Waals surface area contributed by atoms with Crippen molar-refractivity contribution in [2.75, 3.05) is 18.9 Å². The zero-order valence-corrected chi connectivity index (χ0v) is 22.4. The van der Waals surface area contributed by atoms with Gasteiger partial charge in [0.25, 0.3) is 10.0 Å². The van der Waals surface area contributed by atoms with Crippen molar-refractivity contribution < 1.29 is 27.4 Å². The molecule has 1 aromatic carbocycles. The Morgan fingerprint density at radius 3 is 2.53 bits per heavy atom. The lowest BCUT2D eigenvalue weighted by Gasteiger charge is -2.19. The number of amides is 1. The molecule has 0 atom stereocenters. The summed E-state index contributed by atoms with van der Waals surface area (Å²) in [5, 5.41) is 15.2. The normalized spacial score (nSPS) is 11.8. The fourth-order valence-electron chi connectivity index (χ4n) is 3.62. The Labute approximate surface area is 219 Å². The highest BCUT2D eigenvalue weighted by molar-refractivity contribution is 7.92. The molecule has 0 aliphatic heterocycles. The third-order valence-corrected chi connectivity index (χ3v) is 6.56. The van der Waals surface area contributed by atoms with E-state index in [-0.39, 0.29) is 23.1 Å². The highest BCUT2D eigenvalue weighted by Gasteiger charge is 2.23. The molecular formula is C24H29N7O6S. The molecule has 0 fully saturated rings. The SMILES string of the molecule is COc1ccccc1S(=O)(=O)Nc1nnc2cc(Cn3cc(CNC(=O)OC(C)(C)C)cn3)cc(OC)n12. The van der Waals surface area contributed by atoms with Gasteiger partial charge in [0.2, 0.25) is 11.8 Å². The van der Waals surface area contributed by atoms with Gasteiger partial charge in [-0.15, -0.1) is 10.2 Å². The van der Waals surface area contributed by atoms with E-state index in [4.69, 9.17) is 14.2 Å². The summed E-state index contributed by atoms with van der Waals surface area (Å²) in [7, 11) is -1.17. The van der Waals surface area contributed by atoms with Crippen LogP contribution in [0.3, 0.4) is 0 Å². The third kappa shape index (κ3) is 6.14. The molecule has 3 aromatic heterocycles. The van der Waals surface area contributed by atoms with Crippen molar-refractivity contribution in [2.24, 2.45) is 0 Å². The molecule has 0 radical (unpaired) electrons. The van der Waals surface area contributed by atoms with Gasteiger partial charge in [-0.2, -0.15) is 5.10 Å². The van der Waals surface area contributed by atoms with Gasteiger partial charge in [0, 0.05) is 24.4 Å². The minimum absolute atomic E-state index is 0.0366. The van der Waals surface area contributed by atoms with E-state index in [9.17, 15) is 13.2 Å². The van der Waals surface area contributed by atoms with E-state index < -0.39 is 21.7 Å². The predicted octanol–water partition coefficient (Wildman–Crippen LogP) is 2.82. The number of aromatic nitrogens is 5. The first-order valence-corrected chi connectivity index (χ1v) is 13.0. The summed E-state index contributed by atoms with van der Waals surface area (Å²) in [5.74, 6) is 0.478. The van der Waals surface area contributed by atoms with E-state index in [1.165, 1.54) is 24.7 Å². The maximum Gasteiger partial charge on any atom is 0.407 e. The standard InChI is InChI=1S/C24H29N7O6S/c1-24(2,3)37-23(32)25-12-17-13-26-30(15-17)14-16-10-20-27-28-22(31(20)21(11-16)36-5)29-38(33,34)19-9-7-6-8-18(19)35-4/h6-11,13,15H,12,14H2,1-5H3,(H,25,32)(H,28,29). The quantitative estimate of drug-likeness (QED) is 0.325. The number of rotatable bonds is 9. The third-order valence-electron chi connectivity index (χ3n) is 5.19. The number of hydrogen-bond acceptors (Lipinski definition) is 9. The van der Waals surface area contributed by atoms with Gasteiger partial charge in [-0.25, -0.2) is 22.3 Å². The molecule has 3 heterocycles. The van der Waals surface area contributed by atoms with Crippen LogP contribution in [0.25, 0.3) is 5.65 Å². The summed E-state index contributed by atoms with van der Waals surface area (Å²) in [4.78, 5) is 11.9. The van der Waals surface area contributed by atoms with Gasteiger partial charge in [0.15, 0.2) is 5.65 Å². The molecule has 13 nitrogen and oxygen atoms in total. The van der Waals surface area contributed by atoms with Gasteiger partial charge < -0.3 is 19.5 Å². The zero-order valence-electron chi connectivity index (χ0n) is 21.6. The summed E-state index contributed by atoms with van der Waals surface area (Å²) in [5.41, 5.74) is 1.37. The highest BCUT2D eigenvalue weighted by atomic mass is 32.2. The number of ether oxygens (including phenoxy) is 3. The fourth-order valence-corrected chi connectivity index (χ4v) is 4.78. The van der Waals surface area contributed by atoms with Gasteiger partial charge in [-0.1, -0.05) is 12.1 Å². The van der Waals surface area contributed by atoms with Crippen LogP contribution < -0.4 is 19.5 Å². The van der Waals surface area contributed by atoms with Crippen LogP contribution in [0.5, 0.6) is 11.6 Å². The molecule has 4 rings (SSSR count). The second-order valence-corrected chi connectivity index (χ2v) is 10.9. The van der Waals surface area contributed by atoms with Gasteiger partial charge in [-0.05, 0) is 44.5 Å². The van der Waals surface area contributed by atoms with E-state index in [2.05, 4.69) is 25.3 Å². The topological polar surface area (TPSA) is 151 Å². The van der Waals surface area contributed by atoms with E-state index in [1.54, 1.807) is 68.2 Å². The smallest absolute Gasteiger partial charge is 0.407 e. The lowest BCUT2D eigenvalue weighted by atomic mass is 10.2. The van der Waals surface area contributed by atoms with Crippen molar-refractivity contribution in [3.8, 4) is 11.6 Å². The number of para-hydroxylation sites is 1. The summed E-state index contributed by atoms with van der Waals surface area (Å²) in [6.07, 6.45) is 2.93. The number of nitrogens with zero attached hydrogens (tertiary/aromatic N) is 5.